The lowest BCUT2D eigenvalue weighted by Gasteiger charge is -2.18. The molecule has 0 aliphatic carbocycles. The van der Waals surface area contributed by atoms with Gasteiger partial charge in [-0.15, -0.1) is 0 Å². The third-order valence-electron chi connectivity index (χ3n) is 5.16. The van der Waals surface area contributed by atoms with Gasteiger partial charge in [0.2, 0.25) is 5.91 Å². The number of amides is 1. The van der Waals surface area contributed by atoms with Crippen molar-refractivity contribution in [3.63, 3.8) is 0 Å². The summed E-state index contributed by atoms with van der Waals surface area (Å²) in [7, 11) is 0. The second kappa shape index (κ2) is 8.45. The third kappa shape index (κ3) is 4.92. The molecular formula is C20H29N3O. The average Bonchev–Trinajstić information content (AvgIpc) is 3.04. The van der Waals surface area contributed by atoms with Crippen LogP contribution in [0.1, 0.15) is 30.4 Å². The maximum absolute atomic E-state index is 12.1. The summed E-state index contributed by atoms with van der Waals surface area (Å²) in [6, 6.07) is 8.61. The zero-order chi connectivity index (χ0) is 16.8. The van der Waals surface area contributed by atoms with Gasteiger partial charge in [0, 0.05) is 32.6 Å². The number of nitrogens with zero attached hydrogens (tertiary/aromatic N) is 1. The van der Waals surface area contributed by atoms with E-state index in [1.54, 1.807) is 0 Å². The van der Waals surface area contributed by atoms with Crippen LogP contribution in [0.4, 0.5) is 0 Å². The molecule has 2 N–H and O–H groups in total. The van der Waals surface area contributed by atoms with Crippen molar-refractivity contribution < 1.29 is 4.79 Å². The van der Waals surface area contributed by atoms with E-state index in [-0.39, 0.29) is 5.91 Å². The van der Waals surface area contributed by atoms with E-state index >= 15 is 0 Å². The first-order valence-corrected chi connectivity index (χ1v) is 9.13. The second-order valence-corrected chi connectivity index (χ2v) is 7.11. The minimum Gasteiger partial charge on any atom is -0.355 e. The predicted octanol–water partition coefficient (Wildman–Crippen LogP) is 2.24. The van der Waals surface area contributed by atoms with Gasteiger partial charge in [0.05, 0.1) is 0 Å². The summed E-state index contributed by atoms with van der Waals surface area (Å²) in [5.74, 6) is 0.764. The van der Waals surface area contributed by atoms with Crippen molar-refractivity contribution in [3.05, 3.63) is 47.0 Å². The van der Waals surface area contributed by atoms with Crippen molar-refractivity contribution in [2.75, 3.05) is 32.7 Å². The van der Waals surface area contributed by atoms with Gasteiger partial charge >= 0.3 is 0 Å². The van der Waals surface area contributed by atoms with Crippen LogP contribution in [-0.4, -0.2) is 43.5 Å². The summed E-state index contributed by atoms with van der Waals surface area (Å²) in [6.07, 6.45) is 4.91. The Morgan fingerprint density at radius 1 is 1.38 bits per heavy atom. The summed E-state index contributed by atoms with van der Waals surface area (Å²) in [5, 5.41) is 6.42. The van der Waals surface area contributed by atoms with Crippen LogP contribution in [0.2, 0.25) is 0 Å². The number of carbonyl (C=O) groups excluding carboxylic acids is 1. The van der Waals surface area contributed by atoms with Crippen molar-refractivity contribution in [2.24, 2.45) is 5.92 Å². The first-order chi connectivity index (χ1) is 11.7. The lowest BCUT2D eigenvalue weighted by Crippen LogP contribution is -2.32. The van der Waals surface area contributed by atoms with Crippen LogP contribution in [0.25, 0.3) is 0 Å². The summed E-state index contributed by atoms with van der Waals surface area (Å²) < 4.78 is 0. The monoisotopic (exact) mass is 327 g/mol. The summed E-state index contributed by atoms with van der Waals surface area (Å²) in [6.45, 7) is 8.13. The maximum atomic E-state index is 12.1. The smallest absolute Gasteiger partial charge is 0.224 e. The number of carbonyl (C=O) groups is 1. The van der Waals surface area contributed by atoms with Crippen molar-refractivity contribution in [1.82, 2.24) is 15.5 Å². The van der Waals surface area contributed by atoms with Crippen LogP contribution in [0.15, 0.2) is 35.9 Å². The molecule has 4 heteroatoms. The fourth-order valence-corrected chi connectivity index (χ4v) is 3.61. The first-order valence-electron chi connectivity index (χ1n) is 9.13. The molecule has 1 atom stereocenters. The van der Waals surface area contributed by atoms with Crippen molar-refractivity contribution in [2.45, 2.75) is 32.7 Å². The topological polar surface area (TPSA) is 44.4 Å². The SMILES string of the molecule is Cc1ccccc1CN1CC[C@@H](CNC(=O)CC2=CCNCC2)C1. The van der Waals surface area contributed by atoms with Crippen LogP contribution >= 0.6 is 0 Å². The van der Waals surface area contributed by atoms with Crippen LogP contribution in [-0.2, 0) is 11.3 Å². The van der Waals surface area contributed by atoms with E-state index in [2.05, 4.69) is 52.8 Å². The Morgan fingerprint density at radius 3 is 3.04 bits per heavy atom. The lowest BCUT2D eigenvalue weighted by atomic mass is 10.1. The second-order valence-electron chi connectivity index (χ2n) is 7.11. The van der Waals surface area contributed by atoms with E-state index in [9.17, 15) is 4.79 Å². The molecule has 1 saturated heterocycles. The van der Waals surface area contributed by atoms with E-state index in [1.807, 2.05) is 0 Å². The molecule has 130 valence electrons. The number of likely N-dealkylation sites (tertiary alicyclic amines) is 1. The molecule has 0 unspecified atom stereocenters. The Labute approximate surface area is 145 Å². The fraction of sp³-hybridized carbons (Fsp3) is 0.550. The lowest BCUT2D eigenvalue weighted by molar-refractivity contribution is -0.120. The predicted molar refractivity (Wildman–Crippen MR) is 97.8 cm³/mol. The number of benzene rings is 1. The minimum atomic E-state index is 0.181. The molecule has 24 heavy (non-hydrogen) atoms. The number of hydrogen-bond acceptors (Lipinski definition) is 3. The highest BCUT2D eigenvalue weighted by atomic mass is 16.1. The minimum absolute atomic E-state index is 0.181. The van der Waals surface area contributed by atoms with Gasteiger partial charge in [-0.2, -0.15) is 0 Å². The summed E-state index contributed by atoms with van der Waals surface area (Å²) in [5.41, 5.74) is 4.06. The molecule has 0 bridgehead atoms. The van der Waals surface area contributed by atoms with Crippen LogP contribution < -0.4 is 10.6 Å². The molecule has 2 aliphatic rings. The van der Waals surface area contributed by atoms with Gasteiger partial charge in [-0.1, -0.05) is 35.9 Å². The molecule has 2 aliphatic heterocycles. The standard InChI is InChI=1S/C20H29N3O/c1-16-4-2-3-5-19(16)15-23-11-8-18(14-23)13-22-20(24)12-17-6-9-21-10-7-17/h2-6,18,21H,7-15H2,1H3,(H,22,24)/t18-/m0/s1. The first kappa shape index (κ1) is 17.2. The third-order valence-corrected chi connectivity index (χ3v) is 5.16. The van der Waals surface area contributed by atoms with Gasteiger partial charge < -0.3 is 10.6 Å². The molecule has 4 nitrogen and oxygen atoms in total. The molecule has 0 aromatic heterocycles. The number of nitrogens with one attached hydrogen (secondary N) is 2. The highest BCUT2D eigenvalue weighted by molar-refractivity contribution is 5.78. The number of rotatable bonds is 6. The van der Waals surface area contributed by atoms with E-state index in [0.717, 1.165) is 45.7 Å². The molecule has 2 heterocycles. The van der Waals surface area contributed by atoms with E-state index in [1.165, 1.54) is 23.1 Å². The van der Waals surface area contributed by atoms with Crippen molar-refractivity contribution in [3.8, 4) is 0 Å². The Bertz CT molecular complexity index is 596. The van der Waals surface area contributed by atoms with Crippen molar-refractivity contribution >= 4 is 5.91 Å². The summed E-state index contributed by atoms with van der Waals surface area (Å²) >= 11 is 0. The fourth-order valence-electron chi connectivity index (χ4n) is 3.61. The highest BCUT2D eigenvalue weighted by Gasteiger charge is 2.23. The molecule has 1 aromatic rings. The Kier molecular flexibility index (Phi) is 6.05. The van der Waals surface area contributed by atoms with Gasteiger partial charge in [-0.05, 0) is 49.9 Å². The molecule has 1 amide bonds. The molecule has 0 radical (unpaired) electrons. The average molecular weight is 327 g/mol. The van der Waals surface area contributed by atoms with Crippen LogP contribution in [0.3, 0.4) is 0 Å². The molecule has 1 fully saturated rings. The molecule has 3 rings (SSSR count). The van der Waals surface area contributed by atoms with Gasteiger partial charge in [0.1, 0.15) is 0 Å². The van der Waals surface area contributed by atoms with Crippen LogP contribution in [0.5, 0.6) is 0 Å². The zero-order valence-corrected chi connectivity index (χ0v) is 14.7. The Hall–Kier alpha value is -1.65. The quantitative estimate of drug-likeness (QED) is 0.788. The molecule has 0 spiro atoms. The van der Waals surface area contributed by atoms with Gasteiger partial charge in [-0.25, -0.2) is 0 Å². The van der Waals surface area contributed by atoms with E-state index in [0.29, 0.717) is 12.3 Å². The van der Waals surface area contributed by atoms with Crippen molar-refractivity contribution in [1.29, 1.82) is 0 Å². The largest absolute Gasteiger partial charge is 0.355 e. The van der Waals surface area contributed by atoms with E-state index in [4.69, 9.17) is 0 Å². The highest BCUT2D eigenvalue weighted by Crippen LogP contribution is 2.19. The van der Waals surface area contributed by atoms with Gasteiger partial charge in [-0.3, -0.25) is 9.69 Å². The Morgan fingerprint density at radius 2 is 2.25 bits per heavy atom. The molecule has 0 saturated carbocycles. The van der Waals surface area contributed by atoms with Crippen LogP contribution in [0, 0.1) is 12.8 Å². The maximum Gasteiger partial charge on any atom is 0.224 e. The van der Waals surface area contributed by atoms with Gasteiger partial charge in [0.25, 0.3) is 0 Å². The molecular weight excluding hydrogens is 298 g/mol. The Balaban J connectivity index is 1.39. The normalized spacial score (nSPS) is 21.5. The van der Waals surface area contributed by atoms with E-state index < -0.39 is 0 Å². The summed E-state index contributed by atoms with van der Waals surface area (Å²) in [4.78, 5) is 14.6. The molecule has 1 aromatic carbocycles. The number of hydrogen-bond donors (Lipinski definition) is 2. The zero-order valence-electron chi connectivity index (χ0n) is 14.7. The van der Waals surface area contributed by atoms with Gasteiger partial charge in [0.15, 0.2) is 0 Å². The number of aryl methyl sites for hydroxylation is 1.